The first-order valence-corrected chi connectivity index (χ1v) is 7.93. The van der Waals surface area contributed by atoms with E-state index < -0.39 is 5.54 Å². The number of likely N-dealkylation sites (tertiary alicyclic amines) is 1. The molecule has 3 N–H and O–H groups in total. The zero-order chi connectivity index (χ0) is 14.8. The van der Waals surface area contributed by atoms with E-state index in [-0.39, 0.29) is 5.91 Å². The Labute approximate surface area is 122 Å². The third-order valence-corrected chi connectivity index (χ3v) is 4.97. The minimum atomic E-state index is -0.500. The first kappa shape index (κ1) is 15.7. The highest BCUT2D eigenvalue weighted by molar-refractivity contribution is 5.86. The summed E-state index contributed by atoms with van der Waals surface area (Å²) < 4.78 is 0. The van der Waals surface area contributed by atoms with E-state index in [1.165, 1.54) is 12.8 Å². The standard InChI is InChI=1S/C15H30N4O/c1-4-17-15(14(16)20,12-5-6-12)11-19-9-7-13(8-10-19)18(2)3/h12-13,17H,4-11H2,1-3H3,(H2,16,20). The Morgan fingerprint density at radius 1 is 1.30 bits per heavy atom. The zero-order valence-electron chi connectivity index (χ0n) is 13.2. The summed E-state index contributed by atoms with van der Waals surface area (Å²) in [5.74, 6) is 0.267. The topological polar surface area (TPSA) is 61.6 Å². The second-order valence-corrected chi connectivity index (χ2v) is 6.61. The Morgan fingerprint density at radius 3 is 2.30 bits per heavy atom. The van der Waals surface area contributed by atoms with Crippen LogP contribution in [-0.2, 0) is 4.79 Å². The SMILES string of the molecule is CCNC(CN1CCC(N(C)C)CC1)(C(N)=O)C1CC1. The van der Waals surface area contributed by atoms with Crippen LogP contribution in [0.1, 0.15) is 32.6 Å². The van der Waals surface area contributed by atoms with Crippen molar-refractivity contribution in [3.8, 4) is 0 Å². The number of primary amides is 1. The summed E-state index contributed by atoms with van der Waals surface area (Å²) in [4.78, 5) is 16.8. The second-order valence-electron chi connectivity index (χ2n) is 6.61. The van der Waals surface area contributed by atoms with Crippen LogP contribution in [0.5, 0.6) is 0 Å². The van der Waals surface area contributed by atoms with E-state index in [0.29, 0.717) is 12.0 Å². The molecule has 1 heterocycles. The highest BCUT2D eigenvalue weighted by Crippen LogP contribution is 2.40. The molecule has 1 aliphatic carbocycles. The van der Waals surface area contributed by atoms with Crippen molar-refractivity contribution in [1.82, 2.24) is 15.1 Å². The molecular formula is C15H30N4O. The van der Waals surface area contributed by atoms with Gasteiger partial charge in [0.2, 0.25) is 5.91 Å². The quantitative estimate of drug-likeness (QED) is 0.703. The summed E-state index contributed by atoms with van der Waals surface area (Å²) in [6.07, 6.45) is 4.62. The Balaban J connectivity index is 1.97. The second kappa shape index (κ2) is 6.41. The van der Waals surface area contributed by atoms with Crippen molar-refractivity contribution < 1.29 is 4.79 Å². The zero-order valence-corrected chi connectivity index (χ0v) is 13.2. The van der Waals surface area contributed by atoms with Crippen molar-refractivity contribution in [3.05, 3.63) is 0 Å². The van der Waals surface area contributed by atoms with Gasteiger partial charge in [-0.05, 0) is 65.3 Å². The molecule has 5 nitrogen and oxygen atoms in total. The molecule has 0 bridgehead atoms. The highest BCUT2D eigenvalue weighted by atomic mass is 16.1. The number of carbonyl (C=O) groups excluding carboxylic acids is 1. The predicted molar refractivity (Wildman–Crippen MR) is 81.5 cm³/mol. The van der Waals surface area contributed by atoms with Crippen LogP contribution in [0.4, 0.5) is 0 Å². The molecule has 20 heavy (non-hydrogen) atoms. The van der Waals surface area contributed by atoms with E-state index in [4.69, 9.17) is 5.73 Å². The van der Waals surface area contributed by atoms with Gasteiger partial charge in [-0.25, -0.2) is 0 Å². The van der Waals surface area contributed by atoms with Gasteiger partial charge in [-0.1, -0.05) is 6.92 Å². The molecule has 2 fully saturated rings. The highest BCUT2D eigenvalue weighted by Gasteiger charge is 2.50. The maximum Gasteiger partial charge on any atom is 0.239 e. The predicted octanol–water partition coefficient (Wildman–Crippen LogP) is 0.256. The van der Waals surface area contributed by atoms with Crippen LogP contribution in [-0.4, -0.2) is 67.6 Å². The minimum absolute atomic E-state index is 0.170. The molecule has 1 atom stereocenters. The molecule has 0 spiro atoms. The Kier molecular flexibility index (Phi) is 5.04. The van der Waals surface area contributed by atoms with Crippen LogP contribution < -0.4 is 11.1 Å². The maximum absolute atomic E-state index is 12.1. The van der Waals surface area contributed by atoms with Gasteiger partial charge in [0.15, 0.2) is 0 Å². The van der Waals surface area contributed by atoms with Crippen molar-refractivity contribution in [2.24, 2.45) is 11.7 Å². The third-order valence-electron chi connectivity index (χ3n) is 4.97. The van der Waals surface area contributed by atoms with Gasteiger partial charge < -0.3 is 20.9 Å². The lowest BCUT2D eigenvalue weighted by atomic mass is 9.90. The monoisotopic (exact) mass is 282 g/mol. The maximum atomic E-state index is 12.1. The molecule has 0 radical (unpaired) electrons. The fourth-order valence-electron chi connectivity index (χ4n) is 3.53. The van der Waals surface area contributed by atoms with Gasteiger partial charge in [-0.2, -0.15) is 0 Å². The number of nitrogens with zero attached hydrogens (tertiary/aromatic N) is 2. The number of likely N-dealkylation sites (N-methyl/N-ethyl adjacent to an activating group) is 1. The van der Waals surface area contributed by atoms with Crippen molar-refractivity contribution >= 4 is 5.91 Å². The first-order chi connectivity index (χ1) is 9.49. The molecule has 0 aromatic heterocycles. The molecule has 0 aromatic rings. The van der Waals surface area contributed by atoms with Crippen molar-refractivity contribution in [2.45, 2.75) is 44.2 Å². The third kappa shape index (κ3) is 3.32. The van der Waals surface area contributed by atoms with Crippen LogP contribution in [0.3, 0.4) is 0 Å². The fraction of sp³-hybridized carbons (Fsp3) is 0.933. The van der Waals surface area contributed by atoms with Gasteiger partial charge in [-0.15, -0.1) is 0 Å². The summed E-state index contributed by atoms with van der Waals surface area (Å²) in [5, 5.41) is 3.41. The Morgan fingerprint density at radius 2 is 1.90 bits per heavy atom. The number of nitrogens with one attached hydrogen (secondary N) is 1. The molecule has 1 amide bonds. The average molecular weight is 282 g/mol. The molecular weight excluding hydrogens is 252 g/mol. The van der Waals surface area contributed by atoms with Gasteiger partial charge in [0.1, 0.15) is 5.54 Å². The van der Waals surface area contributed by atoms with Crippen LogP contribution in [0, 0.1) is 5.92 Å². The van der Waals surface area contributed by atoms with Crippen molar-refractivity contribution in [3.63, 3.8) is 0 Å². The van der Waals surface area contributed by atoms with E-state index in [0.717, 1.165) is 39.0 Å². The molecule has 1 unspecified atom stereocenters. The minimum Gasteiger partial charge on any atom is -0.368 e. The summed E-state index contributed by atoms with van der Waals surface area (Å²) >= 11 is 0. The summed E-state index contributed by atoms with van der Waals surface area (Å²) in [7, 11) is 4.30. The number of nitrogens with two attached hydrogens (primary N) is 1. The Hall–Kier alpha value is -0.650. The first-order valence-electron chi connectivity index (χ1n) is 7.93. The average Bonchev–Trinajstić information content (AvgIpc) is 3.23. The lowest BCUT2D eigenvalue weighted by Gasteiger charge is -2.41. The van der Waals surface area contributed by atoms with Gasteiger partial charge in [-0.3, -0.25) is 4.79 Å². The van der Waals surface area contributed by atoms with Gasteiger partial charge in [0, 0.05) is 12.6 Å². The van der Waals surface area contributed by atoms with E-state index in [2.05, 4.69) is 36.1 Å². The molecule has 5 heteroatoms. The summed E-state index contributed by atoms with van der Waals surface area (Å²) in [6.45, 7) is 5.76. The van der Waals surface area contributed by atoms with Crippen LogP contribution >= 0.6 is 0 Å². The molecule has 116 valence electrons. The Bertz CT molecular complexity index is 335. The van der Waals surface area contributed by atoms with Crippen molar-refractivity contribution in [2.75, 3.05) is 40.3 Å². The molecule has 1 aliphatic heterocycles. The van der Waals surface area contributed by atoms with Crippen molar-refractivity contribution in [1.29, 1.82) is 0 Å². The molecule has 2 rings (SSSR count). The lowest BCUT2D eigenvalue weighted by molar-refractivity contribution is -0.126. The fourth-order valence-corrected chi connectivity index (χ4v) is 3.53. The van der Waals surface area contributed by atoms with Gasteiger partial charge >= 0.3 is 0 Å². The number of rotatable bonds is 7. The molecule has 1 saturated heterocycles. The van der Waals surface area contributed by atoms with E-state index >= 15 is 0 Å². The van der Waals surface area contributed by atoms with E-state index in [1.807, 2.05) is 0 Å². The van der Waals surface area contributed by atoms with Gasteiger partial charge in [0.05, 0.1) is 0 Å². The number of amides is 1. The number of hydrogen-bond acceptors (Lipinski definition) is 4. The lowest BCUT2D eigenvalue weighted by Crippen LogP contribution is -2.64. The number of hydrogen-bond donors (Lipinski definition) is 2. The van der Waals surface area contributed by atoms with Gasteiger partial charge in [0.25, 0.3) is 0 Å². The number of carbonyl (C=O) groups is 1. The van der Waals surface area contributed by atoms with Crippen LogP contribution in [0.25, 0.3) is 0 Å². The normalized spacial score (nSPS) is 24.8. The van der Waals surface area contributed by atoms with Crippen LogP contribution in [0.2, 0.25) is 0 Å². The molecule has 2 aliphatic rings. The largest absolute Gasteiger partial charge is 0.368 e. The summed E-state index contributed by atoms with van der Waals surface area (Å²) in [6, 6.07) is 0.675. The summed E-state index contributed by atoms with van der Waals surface area (Å²) in [5.41, 5.74) is 5.25. The van der Waals surface area contributed by atoms with E-state index in [9.17, 15) is 4.79 Å². The smallest absolute Gasteiger partial charge is 0.239 e. The number of piperidine rings is 1. The molecule has 1 saturated carbocycles. The molecule has 0 aromatic carbocycles. The van der Waals surface area contributed by atoms with E-state index in [1.54, 1.807) is 0 Å². The van der Waals surface area contributed by atoms with Crippen LogP contribution in [0.15, 0.2) is 0 Å².